The fourth-order valence-corrected chi connectivity index (χ4v) is 3.75. The number of hydrogen-bond acceptors (Lipinski definition) is 3. The molecule has 0 unspecified atom stereocenters. The van der Waals surface area contributed by atoms with Crippen LogP contribution >= 0.6 is 0 Å². The lowest BCUT2D eigenvalue weighted by Gasteiger charge is -2.14. The maximum Gasteiger partial charge on any atom is 0.407 e. The molecule has 0 spiro atoms. The summed E-state index contributed by atoms with van der Waals surface area (Å²) in [5.74, 6) is -0.412. The van der Waals surface area contributed by atoms with Crippen molar-refractivity contribution in [2.75, 3.05) is 13.2 Å². The predicted octanol–water partition coefficient (Wildman–Crippen LogP) is 4.34. The first-order chi connectivity index (χ1) is 14.6. The number of fused-ring (bicyclic) bond motifs is 3. The summed E-state index contributed by atoms with van der Waals surface area (Å²) in [7, 11) is 0. The molecule has 0 bridgehead atoms. The van der Waals surface area contributed by atoms with Crippen LogP contribution in [0.4, 0.5) is 4.79 Å². The first-order valence-corrected chi connectivity index (χ1v) is 9.79. The highest BCUT2D eigenvalue weighted by Crippen LogP contribution is 2.44. The van der Waals surface area contributed by atoms with Crippen LogP contribution in [0, 0.1) is 0 Å². The van der Waals surface area contributed by atoms with Crippen molar-refractivity contribution in [2.24, 2.45) is 5.73 Å². The Kier molecular flexibility index (Phi) is 5.61. The molecule has 150 valence electrons. The first kappa shape index (κ1) is 19.5. The van der Waals surface area contributed by atoms with E-state index >= 15 is 0 Å². The summed E-state index contributed by atoms with van der Waals surface area (Å²) in [6.45, 7) is 0.631. The number of carbonyl (C=O) groups is 2. The minimum atomic E-state index is -0.456. The van der Waals surface area contributed by atoms with Gasteiger partial charge in [0.25, 0.3) is 0 Å². The Morgan fingerprint density at radius 2 is 1.50 bits per heavy atom. The minimum Gasteiger partial charge on any atom is -0.449 e. The normalized spacial score (nSPS) is 12.4. The molecule has 3 N–H and O–H groups in total. The number of nitrogens with one attached hydrogen (secondary N) is 1. The third-order valence-corrected chi connectivity index (χ3v) is 5.21. The number of benzene rings is 3. The van der Waals surface area contributed by atoms with Crippen molar-refractivity contribution in [1.29, 1.82) is 0 Å². The second-order valence-electron chi connectivity index (χ2n) is 7.10. The van der Waals surface area contributed by atoms with Crippen LogP contribution in [0.5, 0.6) is 0 Å². The van der Waals surface area contributed by atoms with E-state index in [1.807, 2.05) is 36.4 Å². The summed E-state index contributed by atoms with van der Waals surface area (Å²) >= 11 is 0. The highest BCUT2D eigenvalue weighted by atomic mass is 16.5. The van der Waals surface area contributed by atoms with E-state index in [-0.39, 0.29) is 12.5 Å². The molecule has 2 amide bonds. The summed E-state index contributed by atoms with van der Waals surface area (Å²) in [4.78, 5) is 23.2. The number of rotatable bonds is 6. The predicted molar refractivity (Wildman–Crippen MR) is 117 cm³/mol. The fraction of sp³-hybridized carbons (Fsp3) is 0.120. The van der Waals surface area contributed by atoms with Gasteiger partial charge in [-0.1, -0.05) is 72.8 Å². The standard InChI is InChI=1S/C25H22N2O3/c26-24(28)18-13-11-17(12-14-18)6-5-15-27-25(29)30-16-23-21-9-3-1-7-19(21)20-8-2-4-10-22(20)23/h1-14,23H,15-16H2,(H2,26,28)(H,27,29). The summed E-state index contributed by atoms with van der Waals surface area (Å²) in [6.07, 6.45) is 3.22. The molecule has 4 rings (SSSR count). The highest BCUT2D eigenvalue weighted by Gasteiger charge is 2.28. The molecule has 0 heterocycles. The van der Waals surface area contributed by atoms with E-state index in [1.54, 1.807) is 24.3 Å². The Labute approximate surface area is 175 Å². The largest absolute Gasteiger partial charge is 0.449 e. The average Bonchev–Trinajstić information content (AvgIpc) is 3.09. The van der Waals surface area contributed by atoms with Crippen molar-refractivity contribution >= 4 is 18.1 Å². The van der Waals surface area contributed by atoms with E-state index in [1.165, 1.54) is 22.3 Å². The number of amides is 2. The van der Waals surface area contributed by atoms with E-state index in [0.29, 0.717) is 12.1 Å². The number of hydrogen-bond donors (Lipinski definition) is 2. The van der Waals surface area contributed by atoms with Crippen LogP contribution in [-0.2, 0) is 4.74 Å². The average molecular weight is 398 g/mol. The quantitative estimate of drug-likeness (QED) is 0.648. The number of primary amides is 1. The van der Waals surface area contributed by atoms with Gasteiger partial charge in [-0.15, -0.1) is 0 Å². The highest BCUT2D eigenvalue weighted by molar-refractivity contribution is 5.92. The van der Waals surface area contributed by atoms with Gasteiger partial charge in [-0.05, 0) is 39.9 Å². The van der Waals surface area contributed by atoms with Gasteiger partial charge in [0.1, 0.15) is 6.61 Å². The van der Waals surface area contributed by atoms with Gasteiger partial charge in [0.2, 0.25) is 5.91 Å². The number of carbonyl (C=O) groups excluding carboxylic acids is 2. The van der Waals surface area contributed by atoms with Gasteiger partial charge < -0.3 is 15.8 Å². The molecule has 0 saturated heterocycles. The van der Waals surface area contributed by atoms with Crippen molar-refractivity contribution in [1.82, 2.24) is 5.32 Å². The molecule has 0 saturated carbocycles. The zero-order valence-corrected chi connectivity index (χ0v) is 16.4. The van der Waals surface area contributed by atoms with Crippen molar-refractivity contribution in [2.45, 2.75) is 5.92 Å². The maximum atomic E-state index is 12.1. The van der Waals surface area contributed by atoms with Gasteiger partial charge in [0.15, 0.2) is 0 Å². The van der Waals surface area contributed by atoms with Crippen LogP contribution in [0.25, 0.3) is 17.2 Å². The van der Waals surface area contributed by atoms with Gasteiger partial charge in [-0.2, -0.15) is 0 Å². The molecule has 1 aliphatic carbocycles. The second kappa shape index (κ2) is 8.66. The first-order valence-electron chi connectivity index (χ1n) is 9.79. The van der Waals surface area contributed by atoms with Crippen LogP contribution in [0.3, 0.4) is 0 Å². The van der Waals surface area contributed by atoms with Crippen LogP contribution in [-0.4, -0.2) is 25.2 Å². The summed E-state index contributed by atoms with van der Waals surface area (Å²) in [5.41, 5.74) is 11.4. The lowest BCUT2D eigenvalue weighted by molar-refractivity contribution is 0.1000. The molecule has 5 heteroatoms. The maximum absolute atomic E-state index is 12.1. The third-order valence-electron chi connectivity index (χ3n) is 5.21. The molecule has 3 aromatic rings. The SMILES string of the molecule is NC(=O)c1ccc(C=CCNC(=O)OCC2c3ccccc3-c3ccccc32)cc1. The Morgan fingerprint density at radius 1 is 0.900 bits per heavy atom. The van der Waals surface area contributed by atoms with Gasteiger partial charge in [0.05, 0.1) is 0 Å². The molecule has 0 aliphatic heterocycles. The topological polar surface area (TPSA) is 81.4 Å². The summed E-state index contributed by atoms with van der Waals surface area (Å²) in [5, 5.41) is 2.73. The lowest BCUT2D eigenvalue weighted by atomic mass is 9.98. The van der Waals surface area contributed by atoms with Gasteiger partial charge in [-0.3, -0.25) is 4.79 Å². The molecular formula is C25H22N2O3. The smallest absolute Gasteiger partial charge is 0.407 e. The Hall–Kier alpha value is -3.86. The minimum absolute atomic E-state index is 0.0439. The van der Waals surface area contributed by atoms with Crippen LogP contribution in [0.15, 0.2) is 78.9 Å². The Morgan fingerprint density at radius 3 is 2.10 bits per heavy atom. The monoisotopic (exact) mass is 398 g/mol. The molecule has 1 aliphatic rings. The van der Waals surface area contributed by atoms with E-state index < -0.39 is 12.0 Å². The molecule has 0 radical (unpaired) electrons. The molecular weight excluding hydrogens is 376 g/mol. The van der Waals surface area contributed by atoms with E-state index in [0.717, 1.165) is 5.56 Å². The van der Waals surface area contributed by atoms with Crippen molar-refractivity contribution in [3.8, 4) is 11.1 Å². The van der Waals surface area contributed by atoms with E-state index in [4.69, 9.17) is 10.5 Å². The Balaban J connectivity index is 1.31. The summed E-state index contributed by atoms with van der Waals surface area (Å²) in [6, 6.07) is 23.4. The number of nitrogens with two attached hydrogens (primary N) is 1. The molecule has 0 fully saturated rings. The van der Waals surface area contributed by atoms with E-state index in [9.17, 15) is 9.59 Å². The Bertz CT molecular complexity index is 1060. The van der Waals surface area contributed by atoms with E-state index in [2.05, 4.69) is 29.6 Å². The summed E-state index contributed by atoms with van der Waals surface area (Å²) < 4.78 is 5.50. The fourth-order valence-electron chi connectivity index (χ4n) is 3.75. The van der Waals surface area contributed by atoms with Crippen molar-refractivity contribution in [3.05, 3.63) is 101 Å². The lowest BCUT2D eigenvalue weighted by Crippen LogP contribution is -2.26. The van der Waals surface area contributed by atoms with Crippen LogP contribution < -0.4 is 11.1 Å². The molecule has 0 aromatic heterocycles. The molecule has 3 aromatic carbocycles. The van der Waals surface area contributed by atoms with Gasteiger partial charge >= 0.3 is 6.09 Å². The zero-order valence-electron chi connectivity index (χ0n) is 16.4. The second-order valence-corrected chi connectivity index (χ2v) is 7.10. The zero-order chi connectivity index (χ0) is 20.9. The van der Waals surface area contributed by atoms with Crippen molar-refractivity contribution in [3.63, 3.8) is 0 Å². The number of ether oxygens (including phenoxy) is 1. The van der Waals surface area contributed by atoms with Crippen molar-refractivity contribution < 1.29 is 14.3 Å². The van der Waals surface area contributed by atoms with Crippen LogP contribution in [0.2, 0.25) is 0 Å². The van der Waals surface area contributed by atoms with Crippen LogP contribution in [0.1, 0.15) is 33.0 Å². The molecule has 0 atom stereocenters. The third kappa shape index (κ3) is 4.10. The molecule has 5 nitrogen and oxygen atoms in total. The number of alkyl carbamates (subject to hydrolysis) is 1. The van der Waals surface area contributed by atoms with Gasteiger partial charge in [-0.25, -0.2) is 4.79 Å². The molecule has 30 heavy (non-hydrogen) atoms. The van der Waals surface area contributed by atoms with Gasteiger partial charge in [0, 0.05) is 18.0 Å².